The van der Waals surface area contributed by atoms with Crippen molar-refractivity contribution in [1.29, 1.82) is 0 Å². The van der Waals surface area contributed by atoms with E-state index in [9.17, 15) is 9.59 Å². The third-order valence-corrected chi connectivity index (χ3v) is 7.89. The first-order valence-corrected chi connectivity index (χ1v) is 15.5. The summed E-state index contributed by atoms with van der Waals surface area (Å²) in [6.07, 6.45) is 1.43. The number of carbonyl (C=O) groups excluding carboxylic acids is 2. The topological polar surface area (TPSA) is 108 Å². The van der Waals surface area contributed by atoms with Crippen molar-refractivity contribution in [3.05, 3.63) is 54.4 Å². The third kappa shape index (κ3) is 6.48. The van der Waals surface area contributed by atoms with E-state index in [1.165, 1.54) is 0 Å². The maximum absolute atomic E-state index is 13.2. The molecular weight excluding hydrogens is 573 g/mol. The molecule has 0 spiro atoms. The van der Waals surface area contributed by atoms with Gasteiger partial charge in [0.2, 0.25) is 0 Å². The molecule has 4 heterocycles. The average molecular weight is 614 g/mol. The van der Waals surface area contributed by atoms with Crippen LogP contribution >= 0.6 is 0 Å². The highest BCUT2D eigenvalue weighted by Gasteiger charge is 2.35. The van der Waals surface area contributed by atoms with Gasteiger partial charge >= 0.3 is 19.2 Å². The van der Waals surface area contributed by atoms with E-state index in [2.05, 4.69) is 18.7 Å². The fraction of sp³-hybridized carbons (Fsp3) is 0.455. The lowest BCUT2D eigenvalue weighted by atomic mass is 9.75. The van der Waals surface area contributed by atoms with Crippen LogP contribution in [-0.2, 0) is 18.8 Å². The molecule has 2 aliphatic heterocycles. The maximum atomic E-state index is 13.2. The number of hydrogen-bond acceptors (Lipinski definition) is 9. The number of piperazine rings is 1. The van der Waals surface area contributed by atoms with Crippen molar-refractivity contribution in [2.24, 2.45) is 5.41 Å². The molecule has 6 rings (SSSR count). The van der Waals surface area contributed by atoms with Gasteiger partial charge in [-0.2, -0.15) is 0 Å². The van der Waals surface area contributed by atoms with E-state index in [-0.39, 0.29) is 18.1 Å². The maximum Gasteiger partial charge on any atom is 0.494 e. The fourth-order valence-electron chi connectivity index (χ4n) is 5.66. The minimum Gasteiger partial charge on any atom is -0.462 e. The van der Waals surface area contributed by atoms with Crippen molar-refractivity contribution in [1.82, 2.24) is 19.4 Å². The lowest BCUT2D eigenvalue weighted by molar-refractivity contribution is 0.0240. The van der Waals surface area contributed by atoms with Gasteiger partial charge in [-0.3, -0.25) is 4.57 Å². The molecule has 236 valence electrons. The standard InChI is InChI=1S/C33H40BN5O6/c1-7-42-30(40)24-16-22(34-43-19-33(5,6)20-44-34)17-27-29(24)35-21-39(27)26-18-28(36-25-11-9-8-10-23(25)26)37-12-14-38(15-13-37)31(41)45-32(2,3)4/h8-11,16-18,21H,7,12-15,19-20H2,1-6H3. The number of amides is 1. The molecule has 0 atom stereocenters. The monoisotopic (exact) mass is 613 g/mol. The molecule has 11 nitrogen and oxygen atoms in total. The van der Waals surface area contributed by atoms with Crippen molar-refractivity contribution in [3.63, 3.8) is 0 Å². The van der Waals surface area contributed by atoms with Crippen LogP contribution in [-0.4, -0.2) is 90.2 Å². The van der Waals surface area contributed by atoms with Crippen molar-refractivity contribution >= 4 is 52.4 Å². The van der Waals surface area contributed by atoms with Gasteiger partial charge in [0.25, 0.3) is 0 Å². The van der Waals surface area contributed by atoms with Crippen LogP contribution in [0.4, 0.5) is 10.6 Å². The second kappa shape index (κ2) is 12.0. The van der Waals surface area contributed by atoms with Crippen molar-refractivity contribution < 1.29 is 28.4 Å². The molecule has 45 heavy (non-hydrogen) atoms. The molecule has 0 N–H and O–H groups in total. The average Bonchev–Trinajstić information content (AvgIpc) is 3.43. The Labute approximate surface area is 263 Å². The van der Waals surface area contributed by atoms with Crippen LogP contribution in [0.1, 0.15) is 51.9 Å². The Morgan fingerprint density at radius 2 is 1.73 bits per heavy atom. The molecule has 0 aliphatic carbocycles. The first-order valence-electron chi connectivity index (χ1n) is 15.5. The Kier molecular flexibility index (Phi) is 8.21. The Bertz CT molecular complexity index is 1730. The van der Waals surface area contributed by atoms with Crippen LogP contribution in [0.5, 0.6) is 0 Å². The first-order chi connectivity index (χ1) is 21.4. The largest absolute Gasteiger partial charge is 0.494 e. The number of hydrogen-bond donors (Lipinski definition) is 0. The van der Waals surface area contributed by atoms with E-state index in [1.807, 2.05) is 61.7 Å². The summed E-state index contributed by atoms with van der Waals surface area (Å²) in [5.41, 5.74) is 3.38. The number of aromatic nitrogens is 3. The zero-order valence-electron chi connectivity index (χ0n) is 26.8. The highest BCUT2D eigenvalue weighted by Crippen LogP contribution is 2.31. The van der Waals surface area contributed by atoms with Gasteiger partial charge in [0.1, 0.15) is 23.3 Å². The molecule has 0 radical (unpaired) electrons. The van der Waals surface area contributed by atoms with E-state index < -0.39 is 18.7 Å². The van der Waals surface area contributed by atoms with Crippen LogP contribution in [0.15, 0.2) is 48.8 Å². The van der Waals surface area contributed by atoms with Gasteiger partial charge in [0, 0.05) is 56.3 Å². The Morgan fingerprint density at radius 1 is 1.02 bits per heavy atom. The van der Waals surface area contributed by atoms with Gasteiger partial charge in [-0.05, 0) is 51.4 Å². The number of rotatable bonds is 5. The van der Waals surface area contributed by atoms with Gasteiger partial charge in [0.15, 0.2) is 0 Å². The summed E-state index contributed by atoms with van der Waals surface area (Å²) in [5, 5.41) is 0.933. The number of esters is 1. The number of benzene rings is 2. The highest BCUT2D eigenvalue weighted by molar-refractivity contribution is 6.62. The summed E-state index contributed by atoms with van der Waals surface area (Å²) in [7, 11) is -0.620. The molecule has 0 saturated carbocycles. The summed E-state index contributed by atoms with van der Waals surface area (Å²) in [6, 6.07) is 13.7. The molecular formula is C33H40BN5O6. The highest BCUT2D eigenvalue weighted by atomic mass is 16.6. The van der Waals surface area contributed by atoms with Crippen LogP contribution in [0.25, 0.3) is 27.6 Å². The van der Waals surface area contributed by atoms with Gasteiger partial charge in [0.05, 0.1) is 28.9 Å². The molecule has 1 amide bonds. The van der Waals surface area contributed by atoms with Crippen LogP contribution in [0.3, 0.4) is 0 Å². The molecule has 4 aromatic rings. The summed E-state index contributed by atoms with van der Waals surface area (Å²) >= 11 is 0. The van der Waals surface area contributed by atoms with Gasteiger partial charge in [-0.1, -0.05) is 32.0 Å². The molecule has 12 heteroatoms. The molecule has 2 saturated heterocycles. The van der Waals surface area contributed by atoms with Crippen molar-refractivity contribution in [3.8, 4) is 5.69 Å². The Hall–Kier alpha value is -4.16. The third-order valence-electron chi connectivity index (χ3n) is 7.89. The Balaban J connectivity index is 1.40. The van der Waals surface area contributed by atoms with E-state index in [0.29, 0.717) is 50.5 Å². The Morgan fingerprint density at radius 3 is 2.42 bits per heavy atom. The SMILES string of the molecule is CCOC(=O)c1cc(B2OCC(C)(C)CO2)cc2c1ncn2-c1cc(N2CCN(C(=O)OC(C)(C)C)CC2)nc2ccccc12. The quantitative estimate of drug-likeness (QED) is 0.236. The number of carbonyl (C=O) groups is 2. The van der Waals surface area contributed by atoms with Gasteiger partial charge in [-0.15, -0.1) is 0 Å². The van der Waals surface area contributed by atoms with E-state index in [1.54, 1.807) is 24.2 Å². The number of nitrogens with zero attached hydrogens (tertiary/aromatic N) is 5. The second-order valence-corrected chi connectivity index (χ2v) is 13.4. The summed E-state index contributed by atoms with van der Waals surface area (Å²) in [5.74, 6) is 0.339. The predicted molar refractivity (Wildman–Crippen MR) is 173 cm³/mol. The first kappa shape index (κ1) is 30.9. The predicted octanol–water partition coefficient (Wildman–Crippen LogP) is 4.58. The fourth-order valence-corrected chi connectivity index (χ4v) is 5.66. The zero-order valence-corrected chi connectivity index (χ0v) is 26.8. The van der Waals surface area contributed by atoms with Gasteiger partial charge in [-0.25, -0.2) is 19.6 Å². The van der Waals surface area contributed by atoms with Crippen LogP contribution < -0.4 is 10.4 Å². The molecule has 0 bridgehead atoms. The number of imidazole rings is 1. The number of fused-ring (bicyclic) bond motifs is 2. The smallest absolute Gasteiger partial charge is 0.462 e. The van der Waals surface area contributed by atoms with E-state index >= 15 is 0 Å². The zero-order chi connectivity index (χ0) is 31.9. The lowest BCUT2D eigenvalue weighted by Crippen LogP contribution is -2.50. The van der Waals surface area contributed by atoms with E-state index in [4.69, 9.17) is 28.8 Å². The minimum atomic E-state index is -0.620. The lowest BCUT2D eigenvalue weighted by Gasteiger charge is -2.36. The normalized spacial score (nSPS) is 17.2. The van der Waals surface area contributed by atoms with Gasteiger partial charge < -0.3 is 28.6 Å². The van der Waals surface area contributed by atoms with Crippen molar-refractivity contribution in [2.45, 2.75) is 47.1 Å². The molecule has 2 aliphatic rings. The number of anilines is 1. The molecule has 2 aromatic heterocycles. The summed E-state index contributed by atoms with van der Waals surface area (Å²) in [4.78, 5) is 39.4. The summed E-state index contributed by atoms with van der Waals surface area (Å²) in [6.45, 7) is 15.2. The molecule has 0 unspecified atom stereocenters. The van der Waals surface area contributed by atoms with Crippen LogP contribution in [0.2, 0.25) is 0 Å². The minimum absolute atomic E-state index is 0.100. The number of pyridine rings is 1. The van der Waals surface area contributed by atoms with E-state index in [0.717, 1.165) is 33.4 Å². The summed E-state index contributed by atoms with van der Waals surface area (Å²) < 4.78 is 25.2. The molecule has 2 aromatic carbocycles. The van der Waals surface area contributed by atoms with Crippen LogP contribution in [0, 0.1) is 5.41 Å². The number of para-hydroxylation sites is 1. The molecule has 2 fully saturated rings. The number of ether oxygens (including phenoxy) is 2. The van der Waals surface area contributed by atoms with Crippen molar-refractivity contribution in [2.75, 3.05) is 50.9 Å². The second-order valence-electron chi connectivity index (χ2n) is 13.4.